The highest BCUT2D eigenvalue weighted by atomic mass is 32.1. The number of thiazole rings is 1. The molecule has 1 aromatic heterocycles. The molecule has 0 spiro atoms. The van der Waals surface area contributed by atoms with E-state index in [0.29, 0.717) is 23.9 Å². The standard InChI is InChI=1S/C17H20N2O4S/c1-10-5-4-6-11(2)15(10)23-8-7-18-13(20)9-14-19-12(3)16(24-14)17(21)22/h4-6H,7-9H2,1-3H3,(H,18,20)(H,21,22)/p-1. The Morgan fingerprint density at radius 1 is 1.25 bits per heavy atom. The summed E-state index contributed by atoms with van der Waals surface area (Å²) in [4.78, 5) is 26.9. The lowest BCUT2D eigenvalue weighted by Crippen LogP contribution is -2.29. The van der Waals surface area contributed by atoms with Crippen LogP contribution in [0.5, 0.6) is 5.75 Å². The van der Waals surface area contributed by atoms with Gasteiger partial charge in [-0.2, -0.15) is 0 Å². The van der Waals surface area contributed by atoms with E-state index < -0.39 is 5.97 Å². The maximum atomic E-state index is 11.9. The second-order valence-electron chi connectivity index (χ2n) is 5.41. The van der Waals surface area contributed by atoms with Crippen LogP contribution in [0.25, 0.3) is 0 Å². The molecule has 24 heavy (non-hydrogen) atoms. The highest BCUT2D eigenvalue weighted by molar-refractivity contribution is 7.13. The summed E-state index contributed by atoms with van der Waals surface area (Å²) in [6.07, 6.45) is 0.0438. The molecule has 0 atom stereocenters. The predicted molar refractivity (Wildman–Crippen MR) is 89.3 cm³/mol. The molecule has 1 aromatic carbocycles. The molecule has 0 saturated heterocycles. The zero-order chi connectivity index (χ0) is 17.7. The lowest BCUT2D eigenvalue weighted by Gasteiger charge is -2.12. The Bertz CT molecular complexity index is 735. The Morgan fingerprint density at radius 2 is 1.92 bits per heavy atom. The van der Waals surface area contributed by atoms with Crippen LogP contribution in [0.15, 0.2) is 18.2 Å². The van der Waals surface area contributed by atoms with Crippen LogP contribution in [-0.2, 0) is 11.2 Å². The molecule has 0 unspecified atom stereocenters. The Morgan fingerprint density at radius 3 is 2.50 bits per heavy atom. The van der Waals surface area contributed by atoms with Crippen molar-refractivity contribution in [3.8, 4) is 5.75 Å². The van der Waals surface area contributed by atoms with E-state index in [1.165, 1.54) is 0 Å². The summed E-state index contributed by atoms with van der Waals surface area (Å²) in [5.41, 5.74) is 2.48. The average molecular weight is 347 g/mol. The van der Waals surface area contributed by atoms with Crippen LogP contribution < -0.4 is 15.2 Å². The normalized spacial score (nSPS) is 10.5. The van der Waals surface area contributed by atoms with Crippen molar-refractivity contribution in [3.63, 3.8) is 0 Å². The number of carboxylic acids is 1. The number of aryl methyl sites for hydroxylation is 3. The zero-order valence-electron chi connectivity index (χ0n) is 13.8. The van der Waals surface area contributed by atoms with Crippen molar-refractivity contribution < 1.29 is 19.4 Å². The van der Waals surface area contributed by atoms with Gasteiger partial charge in [0.2, 0.25) is 5.91 Å². The van der Waals surface area contributed by atoms with Gasteiger partial charge in [-0.1, -0.05) is 18.2 Å². The van der Waals surface area contributed by atoms with E-state index in [0.717, 1.165) is 28.2 Å². The average Bonchev–Trinajstić information content (AvgIpc) is 2.86. The molecule has 1 N–H and O–H groups in total. The first kappa shape index (κ1) is 17.9. The number of nitrogens with one attached hydrogen (secondary N) is 1. The fourth-order valence-electron chi connectivity index (χ4n) is 2.29. The Balaban J connectivity index is 1.79. The molecule has 0 aliphatic carbocycles. The van der Waals surface area contributed by atoms with Gasteiger partial charge in [0.25, 0.3) is 0 Å². The number of amides is 1. The van der Waals surface area contributed by atoms with Gasteiger partial charge in [0, 0.05) is 0 Å². The highest BCUT2D eigenvalue weighted by Gasteiger charge is 2.12. The molecule has 0 fully saturated rings. The van der Waals surface area contributed by atoms with Crippen LogP contribution in [0, 0.1) is 20.8 Å². The number of benzene rings is 1. The van der Waals surface area contributed by atoms with Gasteiger partial charge in [0.1, 0.15) is 17.4 Å². The Kier molecular flexibility index (Phi) is 5.92. The summed E-state index contributed by atoms with van der Waals surface area (Å²) in [6.45, 7) is 6.26. The topological polar surface area (TPSA) is 91.3 Å². The number of ether oxygens (including phenoxy) is 1. The molecule has 1 amide bonds. The van der Waals surface area contributed by atoms with Gasteiger partial charge in [-0.25, -0.2) is 4.98 Å². The second kappa shape index (κ2) is 7.92. The maximum absolute atomic E-state index is 11.9. The number of aromatic nitrogens is 1. The van der Waals surface area contributed by atoms with Gasteiger partial charge in [-0.15, -0.1) is 11.3 Å². The zero-order valence-corrected chi connectivity index (χ0v) is 14.7. The molecule has 2 aromatic rings. The number of nitrogens with zero attached hydrogens (tertiary/aromatic N) is 1. The lowest BCUT2D eigenvalue weighted by molar-refractivity contribution is -0.254. The first-order valence-electron chi connectivity index (χ1n) is 7.52. The molecule has 0 aliphatic rings. The Hall–Kier alpha value is -2.41. The second-order valence-corrected chi connectivity index (χ2v) is 6.49. The molecule has 0 aliphatic heterocycles. The first-order valence-corrected chi connectivity index (χ1v) is 8.33. The van der Waals surface area contributed by atoms with E-state index in [9.17, 15) is 14.7 Å². The van der Waals surface area contributed by atoms with E-state index in [4.69, 9.17) is 4.74 Å². The SMILES string of the molecule is Cc1cccc(C)c1OCCNC(=O)Cc1nc(C)c(C(=O)[O-])s1. The van der Waals surface area contributed by atoms with Gasteiger partial charge >= 0.3 is 0 Å². The van der Waals surface area contributed by atoms with E-state index in [1.54, 1.807) is 6.92 Å². The van der Waals surface area contributed by atoms with E-state index >= 15 is 0 Å². The van der Waals surface area contributed by atoms with Crippen molar-refractivity contribution in [2.24, 2.45) is 0 Å². The molecular weight excluding hydrogens is 328 g/mol. The smallest absolute Gasteiger partial charge is 0.226 e. The molecule has 7 heteroatoms. The van der Waals surface area contributed by atoms with Crippen molar-refractivity contribution in [2.75, 3.05) is 13.2 Å². The Labute approximate surface area is 144 Å². The summed E-state index contributed by atoms with van der Waals surface area (Å²) < 4.78 is 5.71. The van der Waals surface area contributed by atoms with Gasteiger partial charge < -0.3 is 20.0 Å². The molecular formula is C17H19N2O4S-. The first-order chi connectivity index (χ1) is 11.4. The van der Waals surface area contributed by atoms with Gasteiger partial charge in [-0.3, -0.25) is 4.79 Å². The minimum atomic E-state index is -1.27. The summed E-state index contributed by atoms with van der Waals surface area (Å²) in [7, 11) is 0. The third kappa shape index (κ3) is 4.55. The summed E-state index contributed by atoms with van der Waals surface area (Å²) in [5, 5.41) is 14.1. The monoisotopic (exact) mass is 347 g/mol. The molecule has 128 valence electrons. The van der Waals surface area contributed by atoms with Crippen molar-refractivity contribution in [2.45, 2.75) is 27.2 Å². The number of carboxylic acid groups (broad SMARTS) is 1. The molecule has 0 radical (unpaired) electrons. The molecule has 1 heterocycles. The van der Waals surface area contributed by atoms with Crippen molar-refractivity contribution in [3.05, 3.63) is 44.9 Å². The van der Waals surface area contributed by atoms with Crippen LogP contribution in [0.3, 0.4) is 0 Å². The van der Waals surface area contributed by atoms with Crippen LogP contribution >= 0.6 is 11.3 Å². The quantitative estimate of drug-likeness (QED) is 0.759. The fourth-order valence-corrected chi connectivity index (χ4v) is 3.19. The third-order valence-corrected chi connectivity index (χ3v) is 4.55. The maximum Gasteiger partial charge on any atom is 0.226 e. The van der Waals surface area contributed by atoms with Crippen LogP contribution in [0.4, 0.5) is 0 Å². The molecule has 0 bridgehead atoms. The molecule has 6 nitrogen and oxygen atoms in total. The van der Waals surface area contributed by atoms with E-state index in [-0.39, 0.29) is 17.2 Å². The molecule has 2 rings (SSSR count). The largest absolute Gasteiger partial charge is 0.544 e. The van der Waals surface area contributed by atoms with Crippen LogP contribution in [0.1, 0.15) is 31.5 Å². The summed E-state index contributed by atoms with van der Waals surface area (Å²) >= 11 is 0.971. The van der Waals surface area contributed by atoms with Crippen molar-refractivity contribution in [1.29, 1.82) is 0 Å². The number of carbonyl (C=O) groups is 2. The fraction of sp³-hybridized carbons (Fsp3) is 0.353. The number of rotatable bonds is 7. The third-order valence-electron chi connectivity index (χ3n) is 3.42. The van der Waals surface area contributed by atoms with Crippen molar-refractivity contribution in [1.82, 2.24) is 10.3 Å². The molecule has 0 saturated carbocycles. The lowest BCUT2D eigenvalue weighted by atomic mass is 10.1. The van der Waals surface area contributed by atoms with E-state index in [1.807, 2.05) is 32.0 Å². The number of para-hydroxylation sites is 1. The highest BCUT2D eigenvalue weighted by Crippen LogP contribution is 2.22. The van der Waals surface area contributed by atoms with E-state index in [2.05, 4.69) is 10.3 Å². The number of hydrogen-bond acceptors (Lipinski definition) is 6. The summed E-state index contributed by atoms with van der Waals surface area (Å²) in [6, 6.07) is 5.91. The summed E-state index contributed by atoms with van der Waals surface area (Å²) in [5.74, 6) is -0.654. The minimum Gasteiger partial charge on any atom is -0.544 e. The minimum absolute atomic E-state index is 0.0438. The van der Waals surface area contributed by atoms with Crippen LogP contribution in [-0.4, -0.2) is 30.0 Å². The number of carbonyl (C=O) groups excluding carboxylic acids is 2. The number of aromatic carboxylic acids is 1. The van der Waals surface area contributed by atoms with Gasteiger partial charge in [-0.05, 0) is 31.9 Å². The van der Waals surface area contributed by atoms with Crippen molar-refractivity contribution >= 4 is 23.2 Å². The predicted octanol–water partition coefficient (Wildman–Crippen LogP) is 1.17. The van der Waals surface area contributed by atoms with Gasteiger partial charge in [0.15, 0.2) is 0 Å². The van der Waals surface area contributed by atoms with Crippen LogP contribution in [0.2, 0.25) is 0 Å². The van der Waals surface area contributed by atoms with Gasteiger partial charge in [0.05, 0.1) is 29.5 Å². The number of hydrogen-bond donors (Lipinski definition) is 1.